The van der Waals surface area contributed by atoms with Gasteiger partial charge in [-0.3, -0.25) is 4.79 Å². The van der Waals surface area contributed by atoms with Gasteiger partial charge in [0.15, 0.2) is 5.69 Å². The third-order valence-corrected chi connectivity index (χ3v) is 2.17. The SMILES string of the molecule is COC(=O)c1ccc(NCCC(=O)NC(C)C)nn1. The molecule has 0 saturated heterocycles. The second-order valence-electron chi connectivity index (χ2n) is 4.19. The Balaban J connectivity index is 2.38. The lowest BCUT2D eigenvalue weighted by Gasteiger charge is -2.08. The van der Waals surface area contributed by atoms with E-state index in [1.54, 1.807) is 6.07 Å². The van der Waals surface area contributed by atoms with Crippen LogP contribution in [-0.2, 0) is 9.53 Å². The van der Waals surface area contributed by atoms with E-state index in [0.717, 1.165) is 0 Å². The molecule has 0 bridgehead atoms. The van der Waals surface area contributed by atoms with Crippen LogP contribution >= 0.6 is 0 Å². The van der Waals surface area contributed by atoms with E-state index >= 15 is 0 Å². The third kappa shape index (κ3) is 5.33. The molecule has 1 aromatic rings. The smallest absolute Gasteiger partial charge is 0.358 e. The molecule has 1 rings (SSSR count). The summed E-state index contributed by atoms with van der Waals surface area (Å²) >= 11 is 0. The van der Waals surface area contributed by atoms with Crippen LogP contribution in [0.5, 0.6) is 0 Å². The summed E-state index contributed by atoms with van der Waals surface area (Å²) in [5, 5.41) is 13.3. The molecule has 7 heteroatoms. The number of amides is 1. The van der Waals surface area contributed by atoms with E-state index in [9.17, 15) is 9.59 Å². The summed E-state index contributed by atoms with van der Waals surface area (Å²) in [6.45, 7) is 4.26. The Morgan fingerprint density at radius 3 is 2.58 bits per heavy atom. The topological polar surface area (TPSA) is 93.2 Å². The van der Waals surface area contributed by atoms with Gasteiger partial charge >= 0.3 is 5.97 Å². The van der Waals surface area contributed by atoms with Crippen LogP contribution in [0.25, 0.3) is 0 Å². The number of anilines is 1. The molecular weight excluding hydrogens is 248 g/mol. The van der Waals surface area contributed by atoms with Crippen molar-refractivity contribution in [2.45, 2.75) is 26.3 Å². The maximum Gasteiger partial charge on any atom is 0.358 e. The Morgan fingerprint density at radius 1 is 1.32 bits per heavy atom. The lowest BCUT2D eigenvalue weighted by Crippen LogP contribution is -2.31. The second-order valence-corrected chi connectivity index (χ2v) is 4.19. The zero-order chi connectivity index (χ0) is 14.3. The zero-order valence-corrected chi connectivity index (χ0v) is 11.3. The summed E-state index contributed by atoms with van der Waals surface area (Å²) in [6, 6.07) is 3.25. The Kier molecular flexibility index (Phi) is 5.72. The van der Waals surface area contributed by atoms with Crippen molar-refractivity contribution in [1.82, 2.24) is 15.5 Å². The largest absolute Gasteiger partial charge is 0.464 e. The summed E-state index contributed by atoms with van der Waals surface area (Å²) in [7, 11) is 1.28. The number of ether oxygens (including phenoxy) is 1. The van der Waals surface area contributed by atoms with E-state index < -0.39 is 5.97 Å². The number of aromatic nitrogens is 2. The van der Waals surface area contributed by atoms with Crippen LogP contribution in [0, 0.1) is 0 Å². The fraction of sp³-hybridized carbons (Fsp3) is 0.500. The van der Waals surface area contributed by atoms with E-state index in [-0.39, 0.29) is 17.6 Å². The molecule has 0 fully saturated rings. The van der Waals surface area contributed by atoms with Crippen LogP contribution in [-0.4, -0.2) is 41.8 Å². The van der Waals surface area contributed by atoms with E-state index in [1.807, 2.05) is 13.8 Å². The second kappa shape index (κ2) is 7.30. The van der Waals surface area contributed by atoms with Gasteiger partial charge in [-0.05, 0) is 26.0 Å². The molecule has 0 saturated carbocycles. The molecule has 0 aliphatic heterocycles. The van der Waals surface area contributed by atoms with Gasteiger partial charge in [-0.25, -0.2) is 4.79 Å². The van der Waals surface area contributed by atoms with Gasteiger partial charge < -0.3 is 15.4 Å². The highest BCUT2D eigenvalue weighted by Crippen LogP contribution is 2.03. The highest BCUT2D eigenvalue weighted by Gasteiger charge is 2.07. The molecule has 19 heavy (non-hydrogen) atoms. The summed E-state index contributed by atoms with van der Waals surface area (Å²) < 4.78 is 4.51. The molecule has 0 aromatic carbocycles. The Labute approximate surface area is 111 Å². The van der Waals surface area contributed by atoms with Crippen molar-refractivity contribution in [3.8, 4) is 0 Å². The molecule has 0 spiro atoms. The number of hydrogen-bond donors (Lipinski definition) is 2. The highest BCUT2D eigenvalue weighted by atomic mass is 16.5. The lowest BCUT2D eigenvalue weighted by molar-refractivity contribution is -0.121. The van der Waals surface area contributed by atoms with Crippen molar-refractivity contribution < 1.29 is 14.3 Å². The van der Waals surface area contributed by atoms with Crippen LogP contribution in [0.15, 0.2) is 12.1 Å². The van der Waals surface area contributed by atoms with Gasteiger partial charge in [0.05, 0.1) is 7.11 Å². The predicted molar refractivity (Wildman–Crippen MR) is 69.8 cm³/mol. The van der Waals surface area contributed by atoms with Gasteiger partial charge in [-0.15, -0.1) is 10.2 Å². The first-order valence-electron chi connectivity index (χ1n) is 5.98. The molecular formula is C12H18N4O3. The molecule has 104 valence electrons. The van der Waals surface area contributed by atoms with Crippen LogP contribution in [0.3, 0.4) is 0 Å². The van der Waals surface area contributed by atoms with E-state index in [4.69, 9.17) is 0 Å². The number of rotatable bonds is 6. The maximum atomic E-state index is 11.4. The van der Waals surface area contributed by atoms with Gasteiger partial charge in [-0.1, -0.05) is 0 Å². The van der Waals surface area contributed by atoms with Crippen molar-refractivity contribution >= 4 is 17.7 Å². The minimum absolute atomic E-state index is 0.0263. The van der Waals surface area contributed by atoms with Crippen LogP contribution < -0.4 is 10.6 Å². The zero-order valence-electron chi connectivity index (χ0n) is 11.3. The van der Waals surface area contributed by atoms with Crippen LogP contribution in [0.2, 0.25) is 0 Å². The molecule has 7 nitrogen and oxygen atoms in total. The number of methoxy groups -OCH3 is 1. The molecule has 1 aromatic heterocycles. The average molecular weight is 266 g/mol. The molecule has 0 aliphatic carbocycles. The number of hydrogen-bond acceptors (Lipinski definition) is 6. The summed E-state index contributed by atoms with van der Waals surface area (Å²) in [5.41, 5.74) is 0.144. The minimum atomic E-state index is -0.532. The fourth-order valence-electron chi connectivity index (χ4n) is 1.34. The summed E-state index contributed by atoms with van der Waals surface area (Å²) in [6.07, 6.45) is 0.346. The van der Waals surface area contributed by atoms with Gasteiger partial charge in [0, 0.05) is 19.0 Å². The number of carbonyl (C=O) groups excluding carboxylic acids is 2. The summed E-state index contributed by atoms with van der Waals surface area (Å²) in [4.78, 5) is 22.5. The number of carbonyl (C=O) groups is 2. The standard InChI is InChI=1S/C12H18N4O3/c1-8(2)14-11(17)6-7-13-10-5-4-9(15-16-10)12(18)19-3/h4-5,8H,6-7H2,1-3H3,(H,13,16)(H,14,17). The molecule has 0 aliphatic rings. The van der Waals surface area contributed by atoms with Crippen LogP contribution in [0.4, 0.5) is 5.82 Å². The lowest BCUT2D eigenvalue weighted by atomic mass is 10.3. The van der Waals surface area contributed by atoms with Crippen molar-refractivity contribution in [1.29, 1.82) is 0 Å². The Morgan fingerprint density at radius 2 is 2.05 bits per heavy atom. The predicted octanol–water partition coefficient (Wildman–Crippen LogP) is 0.590. The maximum absolute atomic E-state index is 11.4. The number of esters is 1. The number of nitrogens with zero attached hydrogens (tertiary/aromatic N) is 2. The first-order chi connectivity index (χ1) is 9.02. The molecule has 2 N–H and O–H groups in total. The third-order valence-electron chi connectivity index (χ3n) is 2.17. The van der Waals surface area contributed by atoms with Crippen molar-refractivity contribution in [3.63, 3.8) is 0 Å². The Hall–Kier alpha value is -2.18. The van der Waals surface area contributed by atoms with Crippen molar-refractivity contribution in [2.75, 3.05) is 19.0 Å². The van der Waals surface area contributed by atoms with Gasteiger partial charge in [0.1, 0.15) is 5.82 Å². The molecule has 1 heterocycles. The Bertz CT molecular complexity index is 431. The molecule has 0 unspecified atom stereocenters. The highest BCUT2D eigenvalue weighted by molar-refractivity contribution is 5.86. The first kappa shape index (κ1) is 14.9. The normalized spacial score (nSPS) is 10.1. The van der Waals surface area contributed by atoms with Gasteiger partial charge in [0.25, 0.3) is 0 Å². The van der Waals surface area contributed by atoms with E-state index in [0.29, 0.717) is 18.8 Å². The number of nitrogens with one attached hydrogen (secondary N) is 2. The monoisotopic (exact) mass is 266 g/mol. The van der Waals surface area contributed by atoms with Gasteiger partial charge in [0.2, 0.25) is 5.91 Å². The van der Waals surface area contributed by atoms with Crippen molar-refractivity contribution in [3.05, 3.63) is 17.8 Å². The van der Waals surface area contributed by atoms with E-state index in [1.165, 1.54) is 13.2 Å². The molecule has 0 atom stereocenters. The van der Waals surface area contributed by atoms with Gasteiger partial charge in [-0.2, -0.15) is 0 Å². The van der Waals surface area contributed by atoms with Crippen molar-refractivity contribution in [2.24, 2.45) is 0 Å². The quantitative estimate of drug-likeness (QED) is 0.732. The molecule has 0 radical (unpaired) electrons. The van der Waals surface area contributed by atoms with E-state index in [2.05, 4.69) is 25.6 Å². The molecule has 1 amide bonds. The van der Waals surface area contributed by atoms with Crippen LogP contribution in [0.1, 0.15) is 30.8 Å². The summed E-state index contributed by atoms with van der Waals surface area (Å²) in [5.74, 6) is -0.0537. The average Bonchev–Trinajstić information content (AvgIpc) is 2.37. The first-order valence-corrected chi connectivity index (χ1v) is 5.98. The fourth-order valence-corrected chi connectivity index (χ4v) is 1.34. The minimum Gasteiger partial charge on any atom is -0.464 e.